The molecule has 1 aromatic carbocycles. The summed E-state index contributed by atoms with van der Waals surface area (Å²) in [5.74, 6) is 1.66. The standard InChI is InChI=1S/C21H25N5O2S/c1-14-17-19(26-10-8-25(2)9-11-26)23-13-24-21(17)29-18(14)20(27)22-12-15-4-6-16(28-3)7-5-15/h4-7,13H,8-12H2,1-3H3,(H,22,27). The number of benzene rings is 1. The molecule has 0 bridgehead atoms. The molecule has 0 atom stereocenters. The second kappa shape index (κ2) is 8.34. The van der Waals surface area contributed by atoms with E-state index in [2.05, 4.69) is 32.1 Å². The van der Waals surface area contributed by atoms with Crippen LogP contribution in [-0.4, -0.2) is 61.1 Å². The number of hydrogen-bond donors (Lipinski definition) is 1. The zero-order chi connectivity index (χ0) is 20.4. The van der Waals surface area contributed by atoms with Crippen molar-refractivity contribution in [3.63, 3.8) is 0 Å². The van der Waals surface area contributed by atoms with Gasteiger partial charge in [-0.25, -0.2) is 9.97 Å². The van der Waals surface area contributed by atoms with Crippen molar-refractivity contribution in [3.05, 3.63) is 46.6 Å². The van der Waals surface area contributed by atoms with Crippen LogP contribution in [0, 0.1) is 6.92 Å². The molecule has 1 N–H and O–H groups in total. The summed E-state index contributed by atoms with van der Waals surface area (Å²) in [5, 5.41) is 4.02. The number of thiophene rings is 1. The van der Waals surface area contributed by atoms with Crippen molar-refractivity contribution in [3.8, 4) is 5.75 Å². The van der Waals surface area contributed by atoms with Gasteiger partial charge in [0.1, 0.15) is 22.7 Å². The van der Waals surface area contributed by atoms with E-state index >= 15 is 0 Å². The Labute approximate surface area is 174 Å². The fraction of sp³-hybridized carbons (Fsp3) is 0.381. The number of anilines is 1. The Kier molecular flexibility index (Phi) is 5.64. The monoisotopic (exact) mass is 411 g/mol. The SMILES string of the molecule is COc1ccc(CNC(=O)c2sc3ncnc(N4CCN(C)CC4)c3c2C)cc1. The van der Waals surface area contributed by atoms with Crippen molar-refractivity contribution >= 4 is 33.3 Å². The van der Waals surface area contributed by atoms with Crippen LogP contribution >= 0.6 is 11.3 Å². The number of rotatable bonds is 5. The number of carbonyl (C=O) groups is 1. The minimum absolute atomic E-state index is 0.0781. The Balaban J connectivity index is 1.55. The Morgan fingerprint density at radius 2 is 1.90 bits per heavy atom. The van der Waals surface area contributed by atoms with E-state index in [1.165, 1.54) is 11.3 Å². The number of nitrogens with one attached hydrogen (secondary N) is 1. The fourth-order valence-electron chi connectivity index (χ4n) is 3.53. The number of fused-ring (bicyclic) bond motifs is 1. The summed E-state index contributed by atoms with van der Waals surface area (Å²) in [6, 6.07) is 7.69. The smallest absolute Gasteiger partial charge is 0.261 e. The number of amides is 1. The Hall–Kier alpha value is -2.71. The van der Waals surface area contributed by atoms with Crippen molar-refractivity contribution < 1.29 is 9.53 Å². The third-order valence-electron chi connectivity index (χ3n) is 5.33. The molecule has 0 saturated carbocycles. The maximum atomic E-state index is 12.9. The van der Waals surface area contributed by atoms with Gasteiger partial charge < -0.3 is 19.9 Å². The lowest BCUT2D eigenvalue weighted by molar-refractivity contribution is 0.0954. The molecular weight excluding hydrogens is 386 g/mol. The normalized spacial score (nSPS) is 14.9. The first kappa shape index (κ1) is 19.6. The molecule has 7 nitrogen and oxygen atoms in total. The average molecular weight is 412 g/mol. The van der Waals surface area contributed by atoms with Crippen LogP contribution in [0.5, 0.6) is 5.75 Å². The molecule has 3 heterocycles. The van der Waals surface area contributed by atoms with Crippen LogP contribution < -0.4 is 15.0 Å². The van der Waals surface area contributed by atoms with Gasteiger partial charge in [0.05, 0.1) is 17.4 Å². The number of aryl methyl sites for hydroxylation is 1. The first-order chi connectivity index (χ1) is 14.1. The summed E-state index contributed by atoms with van der Waals surface area (Å²) >= 11 is 1.43. The lowest BCUT2D eigenvalue weighted by atomic mass is 10.1. The van der Waals surface area contributed by atoms with E-state index < -0.39 is 0 Å². The maximum Gasteiger partial charge on any atom is 0.261 e. The van der Waals surface area contributed by atoms with Gasteiger partial charge in [-0.3, -0.25) is 4.79 Å². The number of piperazine rings is 1. The van der Waals surface area contributed by atoms with Crippen LogP contribution in [0.2, 0.25) is 0 Å². The molecule has 1 aliphatic rings. The minimum Gasteiger partial charge on any atom is -0.497 e. The summed E-state index contributed by atoms with van der Waals surface area (Å²) in [5.41, 5.74) is 1.97. The molecule has 152 valence electrons. The highest BCUT2D eigenvalue weighted by Gasteiger charge is 2.23. The van der Waals surface area contributed by atoms with Crippen molar-refractivity contribution in [1.29, 1.82) is 0 Å². The van der Waals surface area contributed by atoms with Crippen molar-refractivity contribution in [2.24, 2.45) is 0 Å². The van der Waals surface area contributed by atoms with Gasteiger partial charge in [0.2, 0.25) is 0 Å². The molecule has 3 aromatic rings. The molecule has 4 rings (SSSR count). The van der Waals surface area contributed by atoms with Gasteiger partial charge in [-0.2, -0.15) is 0 Å². The van der Waals surface area contributed by atoms with E-state index in [0.717, 1.165) is 59.1 Å². The van der Waals surface area contributed by atoms with Crippen LogP contribution in [0.4, 0.5) is 5.82 Å². The number of nitrogens with zero attached hydrogens (tertiary/aromatic N) is 4. The number of hydrogen-bond acceptors (Lipinski definition) is 7. The zero-order valence-corrected chi connectivity index (χ0v) is 17.8. The summed E-state index contributed by atoms with van der Waals surface area (Å²) in [6.45, 7) is 6.32. The highest BCUT2D eigenvalue weighted by Crippen LogP contribution is 2.35. The number of likely N-dealkylation sites (N-methyl/N-ethyl adjacent to an activating group) is 1. The van der Waals surface area contributed by atoms with Crippen LogP contribution in [0.3, 0.4) is 0 Å². The molecule has 1 saturated heterocycles. The van der Waals surface area contributed by atoms with Crippen molar-refractivity contribution in [1.82, 2.24) is 20.2 Å². The van der Waals surface area contributed by atoms with Gasteiger partial charge in [0.15, 0.2) is 0 Å². The van der Waals surface area contributed by atoms with E-state index in [-0.39, 0.29) is 5.91 Å². The molecule has 8 heteroatoms. The molecule has 0 aliphatic carbocycles. The topological polar surface area (TPSA) is 70.6 Å². The molecular formula is C21H25N5O2S. The van der Waals surface area contributed by atoms with Gasteiger partial charge in [-0.05, 0) is 37.2 Å². The fourth-order valence-corrected chi connectivity index (χ4v) is 4.59. The Morgan fingerprint density at radius 3 is 2.59 bits per heavy atom. The van der Waals surface area contributed by atoms with E-state index in [0.29, 0.717) is 11.4 Å². The summed E-state index contributed by atoms with van der Waals surface area (Å²) in [4.78, 5) is 28.0. The second-order valence-electron chi connectivity index (χ2n) is 7.25. The molecule has 0 radical (unpaired) electrons. The maximum absolute atomic E-state index is 12.9. The second-order valence-corrected chi connectivity index (χ2v) is 8.25. The molecule has 1 aliphatic heterocycles. The van der Waals surface area contributed by atoms with Crippen LogP contribution in [-0.2, 0) is 6.54 Å². The summed E-state index contributed by atoms with van der Waals surface area (Å²) in [6.07, 6.45) is 1.60. The van der Waals surface area contributed by atoms with Gasteiger partial charge in [0, 0.05) is 32.7 Å². The van der Waals surface area contributed by atoms with E-state index in [4.69, 9.17) is 4.74 Å². The van der Waals surface area contributed by atoms with Gasteiger partial charge in [-0.1, -0.05) is 12.1 Å². The van der Waals surface area contributed by atoms with Gasteiger partial charge >= 0.3 is 0 Å². The van der Waals surface area contributed by atoms with Crippen LogP contribution in [0.25, 0.3) is 10.2 Å². The van der Waals surface area contributed by atoms with Crippen molar-refractivity contribution in [2.45, 2.75) is 13.5 Å². The van der Waals surface area contributed by atoms with Gasteiger partial charge in [0.25, 0.3) is 5.91 Å². The zero-order valence-electron chi connectivity index (χ0n) is 16.9. The number of methoxy groups -OCH3 is 1. The Morgan fingerprint density at radius 1 is 1.17 bits per heavy atom. The van der Waals surface area contributed by atoms with Gasteiger partial charge in [-0.15, -0.1) is 11.3 Å². The third kappa shape index (κ3) is 4.04. The average Bonchev–Trinajstić information content (AvgIpc) is 3.10. The number of ether oxygens (including phenoxy) is 1. The highest BCUT2D eigenvalue weighted by atomic mass is 32.1. The third-order valence-corrected chi connectivity index (χ3v) is 6.53. The highest BCUT2D eigenvalue weighted by molar-refractivity contribution is 7.20. The minimum atomic E-state index is -0.0781. The Bertz CT molecular complexity index is 1010. The summed E-state index contributed by atoms with van der Waals surface area (Å²) in [7, 11) is 3.77. The molecule has 2 aromatic heterocycles. The van der Waals surface area contributed by atoms with Crippen LogP contribution in [0.15, 0.2) is 30.6 Å². The van der Waals surface area contributed by atoms with E-state index in [1.54, 1.807) is 13.4 Å². The number of aromatic nitrogens is 2. The predicted molar refractivity (Wildman–Crippen MR) is 116 cm³/mol. The first-order valence-corrected chi connectivity index (χ1v) is 10.5. The largest absolute Gasteiger partial charge is 0.497 e. The molecule has 29 heavy (non-hydrogen) atoms. The van der Waals surface area contributed by atoms with E-state index in [1.807, 2.05) is 31.2 Å². The lowest BCUT2D eigenvalue weighted by Gasteiger charge is -2.33. The predicted octanol–water partition coefficient (Wildman–Crippen LogP) is 2.69. The number of carbonyl (C=O) groups excluding carboxylic acids is 1. The van der Waals surface area contributed by atoms with E-state index in [9.17, 15) is 4.79 Å². The molecule has 0 spiro atoms. The molecule has 1 amide bonds. The van der Waals surface area contributed by atoms with Crippen LogP contribution in [0.1, 0.15) is 20.8 Å². The molecule has 0 unspecified atom stereocenters. The quantitative estimate of drug-likeness (QED) is 0.696. The lowest BCUT2D eigenvalue weighted by Crippen LogP contribution is -2.44. The van der Waals surface area contributed by atoms with Crippen molar-refractivity contribution in [2.75, 3.05) is 45.2 Å². The molecule has 1 fully saturated rings. The summed E-state index contributed by atoms with van der Waals surface area (Å²) < 4.78 is 5.18. The first-order valence-electron chi connectivity index (χ1n) is 9.65.